The number of carbonyl (C=O) groups excluding carboxylic acids is 1. The summed E-state index contributed by atoms with van der Waals surface area (Å²) in [7, 11) is 0. The van der Waals surface area contributed by atoms with Gasteiger partial charge in [-0.15, -0.1) is 0 Å². The van der Waals surface area contributed by atoms with Crippen LogP contribution in [-0.2, 0) is 11.2 Å². The first kappa shape index (κ1) is 15.5. The molecule has 0 saturated carbocycles. The van der Waals surface area contributed by atoms with E-state index in [0.717, 1.165) is 30.3 Å². The lowest BCUT2D eigenvalue weighted by atomic mass is 9.93. The quantitative estimate of drug-likeness (QED) is 0.915. The molecule has 0 aliphatic carbocycles. The minimum absolute atomic E-state index is 0.207. The summed E-state index contributed by atoms with van der Waals surface area (Å²) in [4.78, 5) is 14.2. The molecule has 2 atom stereocenters. The van der Waals surface area contributed by atoms with Crippen LogP contribution >= 0.6 is 15.9 Å². The van der Waals surface area contributed by atoms with Crippen molar-refractivity contribution in [3.8, 4) is 0 Å². The summed E-state index contributed by atoms with van der Waals surface area (Å²) in [6.45, 7) is 3.36. The Morgan fingerprint density at radius 2 is 2.15 bits per heavy atom. The molecular weight excluding hydrogens is 318 g/mol. The average Bonchev–Trinajstić information content (AvgIpc) is 2.46. The van der Waals surface area contributed by atoms with Gasteiger partial charge in [-0.25, -0.2) is 0 Å². The summed E-state index contributed by atoms with van der Waals surface area (Å²) in [6, 6.07) is 8.10. The zero-order chi connectivity index (χ0) is 14.5. The number of aliphatic hydroxyl groups excluding tert-OH is 1. The molecule has 4 heteroatoms. The Labute approximate surface area is 129 Å². The van der Waals surface area contributed by atoms with Crippen LogP contribution in [0.25, 0.3) is 0 Å². The van der Waals surface area contributed by atoms with Crippen LogP contribution in [0.5, 0.6) is 0 Å². The van der Waals surface area contributed by atoms with Crippen molar-refractivity contribution in [1.82, 2.24) is 4.90 Å². The Hall–Kier alpha value is -0.870. The lowest BCUT2D eigenvalue weighted by Crippen LogP contribution is -2.43. The largest absolute Gasteiger partial charge is 0.393 e. The zero-order valence-electron chi connectivity index (χ0n) is 11.9. The Morgan fingerprint density at radius 1 is 1.45 bits per heavy atom. The monoisotopic (exact) mass is 339 g/mol. The van der Waals surface area contributed by atoms with Crippen LogP contribution in [0, 0.1) is 5.92 Å². The molecule has 0 spiro atoms. The minimum Gasteiger partial charge on any atom is -0.393 e. The van der Waals surface area contributed by atoms with Gasteiger partial charge in [0.05, 0.1) is 6.10 Å². The van der Waals surface area contributed by atoms with Crippen LogP contribution in [0.2, 0.25) is 0 Å². The smallest absolute Gasteiger partial charge is 0.222 e. The number of benzene rings is 1. The molecule has 0 radical (unpaired) electrons. The molecule has 2 rings (SSSR count). The van der Waals surface area contributed by atoms with Gasteiger partial charge in [-0.2, -0.15) is 0 Å². The predicted molar refractivity (Wildman–Crippen MR) is 83.4 cm³/mol. The van der Waals surface area contributed by atoms with Gasteiger partial charge in [0.2, 0.25) is 5.91 Å². The first-order valence-corrected chi connectivity index (χ1v) is 8.06. The van der Waals surface area contributed by atoms with Gasteiger partial charge in [0.25, 0.3) is 0 Å². The van der Waals surface area contributed by atoms with Gasteiger partial charge < -0.3 is 10.0 Å². The van der Waals surface area contributed by atoms with Crippen molar-refractivity contribution in [2.24, 2.45) is 5.92 Å². The number of carbonyl (C=O) groups is 1. The Balaban J connectivity index is 1.83. The van der Waals surface area contributed by atoms with E-state index in [0.29, 0.717) is 13.0 Å². The van der Waals surface area contributed by atoms with Gasteiger partial charge >= 0.3 is 0 Å². The van der Waals surface area contributed by atoms with Crippen molar-refractivity contribution in [3.63, 3.8) is 0 Å². The third-order valence-corrected chi connectivity index (χ3v) is 4.56. The summed E-state index contributed by atoms with van der Waals surface area (Å²) in [5.41, 5.74) is 1.19. The molecule has 0 bridgehead atoms. The number of hydrogen-bond donors (Lipinski definition) is 1. The number of piperidine rings is 1. The number of likely N-dealkylation sites (tertiary alicyclic amines) is 1. The second-order valence-electron chi connectivity index (χ2n) is 5.61. The van der Waals surface area contributed by atoms with Crippen LogP contribution in [0.3, 0.4) is 0 Å². The van der Waals surface area contributed by atoms with Crippen LogP contribution in [0.15, 0.2) is 28.7 Å². The highest BCUT2D eigenvalue weighted by Gasteiger charge is 2.25. The Kier molecular flexibility index (Phi) is 5.61. The van der Waals surface area contributed by atoms with Gasteiger partial charge in [0.15, 0.2) is 0 Å². The summed E-state index contributed by atoms with van der Waals surface area (Å²) in [6.07, 6.45) is 3.03. The van der Waals surface area contributed by atoms with E-state index < -0.39 is 0 Å². The van der Waals surface area contributed by atoms with Crippen LogP contribution < -0.4 is 0 Å². The van der Waals surface area contributed by atoms with E-state index in [4.69, 9.17) is 0 Å². The molecule has 1 aromatic rings. The summed E-state index contributed by atoms with van der Waals surface area (Å²) in [5, 5.41) is 9.67. The maximum atomic E-state index is 12.2. The van der Waals surface area contributed by atoms with Gasteiger partial charge in [0, 0.05) is 29.9 Å². The van der Waals surface area contributed by atoms with Crippen molar-refractivity contribution >= 4 is 21.8 Å². The van der Waals surface area contributed by atoms with E-state index in [2.05, 4.69) is 15.9 Å². The van der Waals surface area contributed by atoms with E-state index in [9.17, 15) is 9.90 Å². The molecule has 2 unspecified atom stereocenters. The lowest BCUT2D eigenvalue weighted by molar-refractivity contribution is -0.133. The normalized spacial score (nSPS) is 20.8. The lowest BCUT2D eigenvalue weighted by Gasteiger charge is -2.34. The molecule has 1 heterocycles. The molecule has 0 aromatic heterocycles. The van der Waals surface area contributed by atoms with Crippen LogP contribution in [0.4, 0.5) is 0 Å². The van der Waals surface area contributed by atoms with E-state index in [1.807, 2.05) is 36.1 Å². The number of aryl methyl sites for hydroxylation is 1. The van der Waals surface area contributed by atoms with Crippen molar-refractivity contribution in [2.75, 3.05) is 13.1 Å². The number of amides is 1. The summed E-state index contributed by atoms with van der Waals surface area (Å²) >= 11 is 3.41. The van der Waals surface area contributed by atoms with Gasteiger partial charge in [0.1, 0.15) is 0 Å². The second kappa shape index (κ2) is 7.23. The SMILES string of the molecule is CC(O)C1CCCN(C(=O)CCc2ccc(Br)cc2)C1. The molecule has 1 aromatic carbocycles. The van der Waals surface area contributed by atoms with E-state index in [1.165, 1.54) is 5.56 Å². The summed E-state index contributed by atoms with van der Waals surface area (Å²) in [5.74, 6) is 0.443. The van der Waals surface area contributed by atoms with Crippen molar-refractivity contribution in [3.05, 3.63) is 34.3 Å². The first-order chi connectivity index (χ1) is 9.56. The number of nitrogens with zero attached hydrogens (tertiary/aromatic N) is 1. The van der Waals surface area contributed by atoms with Crippen LogP contribution in [-0.4, -0.2) is 35.1 Å². The molecule has 20 heavy (non-hydrogen) atoms. The molecule has 1 saturated heterocycles. The molecule has 1 aliphatic rings. The maximum Gasteiger partial charge on any atom is 0.222 e. The van der Waals surface area contributed by atoms with Gasteiger partial charge in [-0.05, 0) is 43.9 Å². The van der Waals surface area contributed by atoms with E-state index >= 15 is 0 Å². The first-order valence-electron chi connectivity index (χ1n) is 7.26. The molecular formula is C16H22BrNO2. The number of hydrogen-bond acceptors (Lipinski definition) is 2. The van der Waals surface area contributed by atoms with Crippen molar-refractivity contribution < 1.29 is 9.90 Å². The summed E-state index contributed by atoms with van der Waals surface area (Å²) < 4.78 is 1.06. The fourth-order valence-electron chi connectivity index (χ4n) is 2.69. The maximum absolute atomic E-state index is 12.2. The van der Waals surface area contributed by atoms with Crippen molar-refractivity contribution in [2.45, 2.75) is 38.7 Å². The highest BCUT2D eigenvalue weighted by molar-refractivity contribution is 9.10. The predicted octanol–water partition coefficient (Wildman–Crippen LogP) is 3.00. The number of aliphatic hydroxyl groups is 1. The average molecular weight is 340 g/mol. The molecule has 1 aliphatic heterocycles. The Morgan fingerprint density at radius 3 is 2.80 bits per heavy atom. The van der Waals surface area contributed by atoms with E-state index in [-0.39, 0.29) is 17.9 Å². The van der Waals surface area contributed by atoms with Crippen LogP contribution in [0.1, 0.15) is 31.7 Å². The molecule has 1 fully saturated rings. The standard InChI is InChI=1S/C16H22BrNO2/c1-12(19)14-3-2-10-18(11-14)16(20)9-6-13-4-7-15(17)8-5-13/h4-5,7-8,12,14,19H,2-3,6,9-11H2,1H3. The van der Waals surface area contributed by atoms with Gasteiger partial charge in [-0.3, -0.25) is 4.79 Å². The van der Waals surface area contributed by atoms with Gasteiger partial charge in [-0.1, -0.05) is 28.1 Å². The molecule has 1 N–H and O–H groups in total. The minimum atomic E-state index is -0.322. The molecule has 3 nitrogen and oxygen atoms in total. The van der Waals surface area contributed by atoms with Crippen molar-refractivity contribution in [1.29, 1.82) is 0 Å². The molecule has 1 amide bonds. The van der Waals surface area contributed by atoms with E-state index in [1.54, 1.807) is 0 Å². The third-order valence-electron chi connectivity index (χ3n) is 4.03. The second-order valence-corrected chi connectivity index (χ2v) is 6.52. The fourth-order valence-corrected chi connectivity index (χ4v) is 2.96. The molecule has 110 valence electrons. The topological polar surface area (TPSA) is 40.5 Å². The third kappa shape index (κ3) is 4.32. The Bertz CT molecular complexity index is 444. The highest BCUT2D eigenvalue weighted by Crippen LogP contribution is 2.20. The highest BCUT2D eigenvalue weighted by atomic mass is 79.9. The fraction of sp³-hybridized carbons (Fsp3) is 0.562. The number of rotatable bonds is 4. The zero-order valence-corrected chi connectivity index (χ0v) is 13.5. The number of halogens is 1.